The van der Waals surface area contributed by atoms with Crippen LogP contribution in [-0.4, -0.2) is 28.0 Å². The van der Waals surface area contributed by atoms with Crippen LogP contribution in [0.4, 0.5) is 14.6 Å². The molecule has 0 unspecified atom stereocenters. The van der Waals surface area contributed by atoms with E-state index in [4.69, 9.17) is 0 Å². The number of nitrogens with zero attached hydrogens (tertiary/aromatic N) is 3. The van der Waals surface area contributed by atoms with Crippen LogP contribution in [0.2, 0.25) is 0 Å². The maximum Gasteiger partial charge on any atom is 0.232 e. The van der Waals surface area contributed by atoms with Crippen LogP contribution < -0.4 is 4.90 Å². The molecule has 5 nitrogen and oxygen atoms in total. The van der Waals surface area contributed by atoms with E-state index in [-0.39, 0.29) is 50.8 Å². The minimum Gasteiger partial charge on any atom is -0.296 e. The van der Waals surface area contributed by atoms with Gasteiger partial charge in [0.15, 0.2) is 5.78 Å². The SMILES string of the molecule is CCN1C(=O)[C@@H](CC(=O)c2cccc(C)c2)[C@@H](c2ccc(F)cc2)c2c(C)nn(-c3ccccc3F)c21.S.S. The van der Waals surface area contributed by atoms with Crippen molar-refractivity contribution in [1.82, 2.24) is 9.78 Å². The summed E-state index contributed by atoms with van der Waals surface area (Å²) in [5.41, 5.74) is 3.77. The lowest BCUT2D eigenvalue weighted by Gasteiger charge is -2.38. The predicted octanol–water partition coefficient (Wildman–Crippen LogP) is 6.38. The highest BCUT2D eigenvalue weighted by atomic mass is 32.1. The van der Waals surface area contributed by atoms with Gasteiger partial charge in [-0.1, -0.05) is 48.0 Å². The normalized spacial score (nSPS) is 16.2. The van der Waals surface area contributed by atoms with E-state index in [1.54, 1.807) is 41.3 Å². The second kappa shape index (κ2) is 12.2. The van der Waals surface area contributed by atoms with E-state index >= 15 is 0 Å². The maximum absolute atomic E-state index is 14.9. The Bertz CT molecular complexity index is 1500. The molecule has 204 valence electrons. The topological polar surface area (TPSA) is 55.2 Å². The van der Waals surface area contributed by atoms with Crippen molar-refractivity contribution in [3.63, 3.8) is 0 Å². The Morgan fingerprint density at radius 3 is 2.28 bits per heavy atom. The van der Waals surface area contributed by atoms with E-state index in [9.17, 15) is 18.4 Å². The molecule has 4 aromatic rings. The van der Waals surface area contributed by atoms with Gasteiger partial charge >= 0.3 is 0 Å². The summed E-state index contributed by atoms with van der Waals surface area (Å²) in [5.74, 6) is -2.07. The lowest BCUT2D eigenvalue weighted by molar-refractivity contribution is -0.123. The van der Waals surface area contributed by atoms with E-state index < -0.39 is 23.5 Å². The first-order valence-electron chi connectivity index (χ1n) is 12.3. The fourth-order valence-corrected chi connectivity index (χ4v) is 5.31. The highest BCUT2D eigenvalue weighted by molar-refractivity contribution is 7.59. The van der Waals surface area contributed by atoms with Gasteiger partial charge in [0, 0.05) is 30.0 Å². The molecule has 1 aliphatic rings. The predicted molar refractivity (Wildman–Crippen MR) is 159 cm³/mol. The number of ketones is 1. The molecule has 2 heterocycles. The molecule has 0 bridgehead atoms. The zero-order valence-electron chi connectivity index (χ0n) is 21.9. The lowest BCUT2D eigenvalue weighted by Crippen LogP contribution is -2.45. The summed E-state index contributed by atoms with van der Waals surface area (Å²) in [4.78, 5) is 29.0. The second-order valence-corrected chi connectivity index (χ2v) is 9.40. The van der Waals surface area contributed by atoms with Gasteiger partial charge in [0.25, 0.3) is 0 Å². The van der Waals surface area contributed by atoms with Crippen molar-refractivity contribution < 1.29 is 18.4 Å². The minimum atomic E-state index is -0.733. The quantitative estimate of drug-likeness (QED) is 0.254. The number of halogens is 2. The van der Waals surface area contributed by atoms with Crippen LogP contribution >= 0.6 is 27.0 Å². The van der Waals surface area contributed by atoms with Crippen molar-refractivity contribution in [1.29, 1.82) is 0 Å². The van der Waals surface area contributed by atoms with Crippen LogP contribution in [0.15, 0.2) is 72.8 Å². The number of aryl methyl sites for hydroxylation is 2. The van der Waals surface area contributed by atoms with Crippen LogP contribution in [0, 0.1) is 31.4 Å². The van der Waals surface area contributed by atoms with Gasteiger partial charge in [-0.3, -0.25) is 14.5 Å². The van der Waals surface area contributed by atoms with Crippen molar-refractivity contribution in [2.45, 2.75) is 33.1 Å². The summed E-state index contributed by atoms with van der Waals surface area (Å²) in [6.07, 6.45) is -0.0232. The van der Waals surface area contributed by atoms with Crippen molar-refractivity contribution in [3.8, 4) is 5.69 Å². The molecule has 0 spiro atoms. The van der Waals surface area contributed by atoms with Crippen LogP contribution in [0.25, 0.3) is 5.69 Å². The van der Waals surface area contributed by atoms with Gasteiger partial charge in [-0.25, -0.2) is 13.5 Å². The molecule has 1 aromatic heterocycles. The molecule has 0 fully saturated rings. The van der Waals surface area contributed by atoms with Gasteiger partial charge in [-0.05, 0) is 56.7 Å². The van der Waals surface area contributed by atoms with Crippen LogP contribution in [0.5, 0.6) is 0 Å². The smallest absolute Gasteiger partial charge is 0.232 e. The molecule has 3 aromatic carbocycles. The minimum absolute atomic E-state index is 0. The Morgan fingerprint density at radius 2 is 1.64 bits per heavy atom. The van der Waals surface area contributed by atoms with Gasteiger partial charge in [-0.2, -0.15) is 32.1 Å². The molecule has 0 N–H and O–H groups in total. The number of aromatic nitrogens is 2. The number of hydrogen-bond acceptors (Lipinski definition) is 3. The van der Waals surface area contributed by atoms with Gasteiger partial charge in [0.1, 0.15) is 23.1 Å². The van der Waals surface area contributed by atoms with Crippen LogP contribution in [-0.2, 0) is 4.79 Å². The Hall–Kier alpha value is -3.43. The second-order valence-electron chi connectivity index (χ2n) is 9.40. The van der Waals surface area contributed by atoms with Crippen molar-refractivity contribution >= 4 is 44.5 Å². The molecule has 5 rings (SSSR count). The first-order valence-corrected chi connectivity index (χ1v) is 12.3. The molecule has 0 saturated heterocycles. The lowest BCUT2D eigenvalue weighted by atomic mass is 9.74. The molecular formula is C30H31F2N3O2S2. The number of benzene rings is 3. The Kier molecular flexibility index (Phi) is 9.40. The van der Waals surface area contributed by atoms with Crippen molar-refractivity contribution in [2.75, 3.05) is 11.4 Å². The van der Waals surface area contributed by atoms with E-state index in [0.717, 1.165) is 11.1 Å². The fourth-order valence-electron chi connectivity index (χ4n) is 5.31. The molecule has 1 aliphatic heterocycles. The number of rotatable bonds is 6. The molecule has 0 radical (unpaired) electrons. The Labute approximate surface area is 240 Å². The van der Waals surface area contributed by atoms with Crippen molar-refractivity contribution in [3.05, 3.63) is 112 Å². The van der Waals surface area contributed by atoms with Gasteiger partial charge < -0.3 is 0 Å². The molecule has 0 saturated carbocycles. The summed E-state index contributed by atoms with van der Waals surface area (Å²) in [7, 11) is 0. The van der Waals surface area contributed by atoms with Gasteiger partial charge in [0.05, 0.1) is 11.6 Å². The first-order chi connectivity index (χ1) is 17.8. The number of Topliss-reactive ketones (excluding diaryl/α,β-unsaturated/α-hetero) is 1. The zero-order chi connectivity index (χ0) is 26.3. The summed E-state index contributed by atoms with van der Waals surface area (Å²) in [6.45, 7) is 5.88. The number of carbonyl (C=O) groups excluding carboxylic acids is 2. The number of anilines is 1. The average molecular weight is 568 g/mol. The zero-order valence-corrected chi connectivity index (χ0v) is 23.9. The van der Waals surface area contributed by atoms with Crippen LogP contribution in [0.3, 0.4) is 0 Å². The summed E-state index contributed by atoms with van der Waals surface area (Å²) in [5, 5.41) is 4.66. The number of para-hydroxylation sites is 1. The van der Waals surface area contributed by atoms with Gasteiger partial charge in [0.2, 0.25) is 5.91 Å². The van der Waals surface area contributed by atoms with E-state index in [1.807, 2.05) is 39.0 Å². The third-order valence-corrected chi connectivity index (χ3v) is 7.00. The summed E-state index contributed by atoms with van der Waals surface area (Å²) >= 11 is 0. The standard InChI is InChI=1S/C30H27F2N3O2.2H2S/c1-4-34-29-27(19(3)33-35(29)25-11-6-5-10-24(25)32)28(20-12-14-22(31)15-13-20)23(30(34)37)17-26(36)21-9-7-8-18(2)16-21;;/h5-16,23,28H,4,17H2,1-3H3;2*1H2/t23-,28+;;/m0../s1. The molecule has 1 amide bonds. The third kappa shape index (κ3) is 5.51. The Balaban J connectivity index is 0.00000210. The first kappa shape index (κ1) is 30.1. The monoisotopic (exact) mass is 567 g/mol. The van der Waals surface area contributed by atoms with Crippen molar-refractivity contribution in [2.24, 2.45) is 5.92 Å². The molecule has 2 atom stereocenters. The highest BCUT2D eigenvalue weighted by Crippen LogP contribution is 2.47. The van der Waals surface area contributed by atoms with E-state index in [1.165, 1.54) is 22.9 Å². The number of carbonyl (C=O) groups is 2. The average Bonchev–Trinajstić information content (AvgIpc) is 3.21. The number of hydrogen-bond donors (Lipinski definition) is 0. The molecule has 0 aliphatic carbocycles. The summed E-state index contributed by atoms with van der Waals surface area (Å²) < 4.78 is 30.2. The number of fused-ring (bicyclic) bond motifs is 1. The summed E-state index contributed by atoms with van der Waals surface area (Å²) in [6, 6.07) is 19.5. The molecular weight excluding hydrogens is 536 g/mol. The van der Waals surface area contributed by atoms with Crippen LogP contribution in [0.1, 0.15) is 52.0 Å². The highest BCUT2D eigenvalue weighted by Gasteiger charge is 2.45. The maximum atomic E-state index is 14.9. The van der Waals surface area contributed by atoms with E-state index in [0.29, 0.717) is 29.2 Å². The molecule has 9 heteroatoms. The fraction of sp³-hybridized carbons (Fsp3) is 0.233. The van der Waals surface area contributed by atoms with E-state index in [2.05, 4.69) is 5.10 Å². The van der Waals surface area contributed by atoms with Gasteiger partial charge in [-0.15, -0.1) is 0 Å². The Morgan fingerprint density at radius 1 is 0.949 bits per heavy atom. The molecule has 39 heavy (non-hydrogen) atoms. The largest absolute Gasteiger partial charge is 0.296 e. The third-order valence-electron chi connectivity index (χ3n) is 7.00. The number of amides is 1.